The molecule has 4 N–H and O–H groups in total. The molecule has 1 aliphatic heterocycles. The largest absolute Gasteiger partial charge is 0.496 e. The van der Waals surface area contributed by atoms with Gasteiger partial charge in [0.25, 0.3) is 11.4 Å². The summed E-state index contributed by atoms with van der Waals surface area (Å²) in [6.07, 6.45) is 2.49. The van der Waals surface area contributed by atoms with Crippen LogP contribution in [0.3, 0.4) is 0 Å². The SMILES string of the molecule is COc1cccc(F)c1-c1cccc(C(=O)Nc2cc(F)c3c(c[nH][n+]3C)c2N2CC[C@H](N)C2)n1. The topological polar surface area (TPSA) is 100 Å². The normalized spacial score (nSPS) is 15.6. The van der Waals surface area contributed by atoms with Crippen LogP contribution < -0.4 is 25.4 Å². The van der Waals surface area contributed by atoms with Crippen molar-refractivity contribution in [1.82, 2.24) is 10.1 Å². The number of pyridine rings is 1. The van der Waals surface area contributed by atoms with E-state index in [0.717, 1.165) is 6.42 Å². The average Bonchev–Trinajstić information content (AvgIpc) is 3.45. The number of carbonyl (C=O) groups is 1. The quantitative estimate of drug-likeness (QED) is 0.382. The molecule has 180 valence electrons. The summed E-state index contributed by atoms with van der Waals surface area (Å²) in [5.41, 5.74) is 7.97. The van der Waals surface area contributed by atoms with Crippen LogP contribution in [0.2, 0.25) is 0 Å². The van der Waals surface area contributed by atoms with Gasteiger partial charge >= 0.3 is 0 Å². The summed E-state index contributed by atoms with van der Waals surface area (Å²) >= 11 is 0. The monoisotopic (exact) mass is 479 g/mol. The van der Waals surface area contributed by atoms with Crippen molar-refractivity contribution < 1.29 is 23.0 Å². The number of H-pyrrole nitrogens is 1. The Morgan fingerprint density at radius 3 is 2.80 bits per heavy atom. The van der Waals surface area contributed by atoms with Crippen molar-refractivity contribution in [2.24, 2.45) is 12.8 Å². The second-order valence-corrected chi connectivity index (χ2v) is 8.52. The first-order chi connectivity index (χ1) is 16.9. The highest BCUT2D eigenvalue weighted by atomic mass is 19.1. The van der Waals surface area contributed by atoms with E-state index in [1.165, 1.54) is 31.4 Å². The van der Waals surface area contributed by atoms with Crippen molar-refractivity contribution in [3.05, 3.63) is 66.0 Å². The average molecular weight is 480 g/mol. The molecule has 1 aliphatic rings. The van der Waals surface area contributed by atoms with Gasteiger partial charge in [-0.05, 0) is 30.7 Å². The maximum atomic E-state index is 15.0. The number of aryl methyl sites for hydroxylation is 1. The number of halogens is 2. The van der Waals surface area contributed by atoms with Gasteiger partial charge in [0, 0.05) is 25.2 Å². The third-order valence-corrected chi connectivity index (χ3v) is 6.22. The van der Waals surface area contributed by atoms with Gasteiger partial charge in [0.2, 0.25) is 0 Å². The fourth-order valence-electron chi connectivity index (χ4n) is 4.59. The number of hydrogen-bond donors (Lipinski definition) is 3. The number of hydrogen-bond acceptors (Lipinski definition) is 5. The van der Waals surface area contributed by atoms with E-state index in [-0.39, 0.29) is 23.0 Å². The summed E-state index contributed by atoms with van der Waals surface area (Å²) in [5.74, 6) is -1.25. The van der Waals surface area contributed by atoms with Crippen molar-refractivity contribution in [3.63, 3.8) is 0 Å². The molecule has 10 heteroatoms. The van der Waals surface area contributed by atoms with Gasteiger partial charge in [0.1, 0.15) is 17.3 Å². The number of fused-ring (bicyclic) bond motifs is 1. The van der Waals surface area contributed by atoms with Gasteiger partial charge in [0.05, 0.1) is 41.3 Å². The number of aromatic nitrogens is 3. The number of aromatic amines is 1. The third-order valence-electron chi connectivity index (χ3n) is 6.22. The minimum Gasteiger partial charge on any atom is -0.496 e. The lowest BCUT2D eigenvalue weighted by Crippen LogP contribution is -2.31. The summed E-state index contributed by atoms with van der Waals surface area (Å²) in [5, 5.41) is 6.44. The second kappa shape index (κ2) is 8.95. The van der Waals surface area contributed by atoms with E-state index in [1.54, 1.807) is 36.1 Å². The van der Waals surface area contributed by atoms with E-state index >= 15 is 4.39 Å². The minimum atomic E-state index is -0.550. The van der Waals surface area contributed by atoms with Crippen LogP contribution in [0.1, 0.15) is 16.9 Å². The Hall–Kier alpha value is -4.05. The van der Waals surface area contributed by atoms with Crippen molar-refractivity contribution in [3.8, 4) is 17.0 Å². The zero-order valence-electron chi connectivity index (χ0n) is 19.3. The Labute approximate surface area is 200 Å². The number of carbonyl (C=O) groups excluding carboxylic acids is 1. The molecule has 3 heterocycles. The Balaban J connectivity index is 1.54. The van der Waals surface area contributed by atoms with Crippen LogP contribution in [0.15, 0.2) is 48.7 Å². The van der Waals surface area contributed by atoms with E-state index in [2.05, 4.69) is 15.4 Å². The van der Waals surface area contributed by atoms with Crippen molar-refractivity contribution in [2.45, 2.75) is 12.5 Å². The van der Waals surface area contributed by atoms with Crippen LogP contribution in [-0.4, -0.2) is 42.2 Å². The lowest BCUT2D eigenvalue weighted by Gasteiger charge is -2.22. The number of nitrogens with two attached hydrogens (primary N) is 1. The first-order valence-electron chi connectivity index (χ1n) is 11.2. The van der Waals surface area contributed by atoms with E-state index in [0.29, 0.717) is 41.1 Å². The number of methoxy groups -OCH3 is 1. The number of anilines is 2. The minimum absolute atomic E-state index is 0.0135. The summed E-state index contributed by atoms with van der Waals surface area (Å²) in [4.78, 5) is 19.7. The summed E-state index contributed by atoms with van der Waals surface area (Å²) < 4.78 is 36.5. The highest BCUT2D eigenvalue weighted by molar-refractivity contribution is 6.08. The second-order valence-electron chi connectivity index (χ2n) is 8.52. The summed E-state index contributed by atoms with van der Waals surface area (Å²) in [6.45, 7) is 1.26. The molecule has 0 aliphatic carbocycles. The predicted octanol–water partition coefficient (Wildman–Crippen LogP) is 3.13. The first kappa shape index (κ1) is 22.7. The predicted molar refractivity (Wildman–Crippen MR) is 128 cm³/mol. The molecule has 2 aromatic carbocycles. The summed E-state index contributed by atoms with van der Waals surface area (Å²) in [6, 6.07) is 10.5. The fourth-order valence-corrected chi connectivity index (χ4v) is 4.59. The van der Waals surface area contributed by atoms with Crippen LogP contribution in [-0.2, 0) is 7.05 Å². The Bertz CT molecular complexity index is 1440. The Morgan fingerprint density at radius 1 is 1.26 bits per heavy atom. The van der Waals surface area contributed by atoms with Crippen LogP contribution in [0.5, 0.6) is 5.75 Å². The van der Waals surface area contributed by atoms with Gasteiger partial charge in [-0.3, -0.25) is 4.79 Å². The third kappa shape index (κ3) is 4.06. The Kier molecular flexibility index (Phi) is 5.81. The number of ether oxygens (including phenoxy) is 1. The zero-order chi connectivity index (χ0) is 24.7. The Morgan fingerprint density at radius 2 is 2.06 bits per heavy atom. The molecule has 1 amide bonds. The van der Waals surface area contributed by atoms with Gasteiger partial charge < -0.3 is 20.7 Å². The molecule has 1 saturated heterocycles. The maximum Gasteiger partial charge on any atom is 0.275 e. The molecule has 5 rings (SSSR count). The van der Waals surface area contributed by atoms with Crippen molar-refractivity contribution in [1.29, 1.82) is 0 Å². The lowest BCUT2D eigenvalue weighted by atomic mass is 10.1. The molecule has 1 atom stereocenters. The van der Waals surface area contributed by atoms with Gasteiger partial charge in [0.15, 0.2) is 12.9 Å². The molecular formula is C25H25F2N6O2+. The van der Waals surface area contributed by atoms with E-state index in [1.807, 2.05) is 4.90 Å². The standard InChI is InChI=1S/C25H24F2N6O2/c1-32-23-15(12-29-32)24(33-10-9-14(28)13-33)20(11-17(23)27)31-25(34)19-7-4-6-18(30-19)22-16(26)5-3-8-21(22)35-2/h3-8,11-12,14H,9-10,13,28H2,1-2H3,(H,31,34)/p+1/t14-/m0/s1. The van der Waals surface area contributed by atoms with Crippen molar-refractivity contribution in [2.75, 3.05) is 30.4 Å². The zero-order valence-corrected chi connectivity index (χ0v) is 19.3. The van der Waals surface area contributed by atoms with Gasteiger partial charge in [-0.25, -0.2) is 9.37 Å². The summed E-state index contributed by atoms with van der Waals surface area (Å²) in [7, 11) is 3.15. The van der Waals surface area contributed by atoms with E-state index in [4.69, 9.17) is 10.5 Å². The molecular weight excluding hydrogens is 454 g/mol. The molecule has 35 heavy (non-hydrogen) atoms. The highest BCUT2D eigenvalue weighted by Crippen LogP contribution is 2.37. The fraction of sp³-hybridized carbons (Fsp3) is 0.240. The highest BCUT2D eigenvalue weighted by Gasteiger charge is 2.29. The van der Waals surface area contributed by atoms with Crippen LogP contribution in [0, 0.1) is 11.6 Å². The molecule has 0 radical (unpaired) electrons. The number of amides is 1. The van der Waals surface area contributed by atoms with Crippen LogP contribution in [0.4, 0.5) is 20.2 Å². The molecule has 0 bridgehead atoms. The van der Waals surface area contributed by atoms with Gasteiger partial charge in [-0.2, -0.15) is 9.49 Å². The van der Waals surface area contributed by atoms with Gasteiger partial charge in [-0.1, -0.05) is 12.1 Å². The lowest BCUT2D eigenvalue weighted by molar-refractivity contribution is -0.703. The molecule has 0 unspecified atom stereocenters. The molecule has 0 saturated carbocycles. The van der Waals surface area contributed by atoms with E-state index in [9.17, 15) is 9.18 Å². The number of nitrogens with zero attached hydrogens (tertiary/aromatic N) is 3. The first-order valence-corrected chi connectivity index (χ1v) is 11.2. The molecule has 0 spiro atoms. The van der Waals surface area contributed by atoms with Gasteiger partial charge in [-0.15, -0.1) is 4.68 Å². The molecule has 2 aromatic heterocycles. The number of rotatable bonds is 5. The van der Waals surface area contributed by atoms with Crippen molar-refractivity contribution >= 4 is 28.2 Å². The molecule has 8 nitrogen and oxygen atoms in total. The smallest absolute Gasteiger partial charge is 0.275 e. The van der Waals surface area contributed by atoms with Crippen LogP contribution in [0.25, 0.3) is 22.2 Å². The van der Waals surface area contributed by atoms with Crippen LogP contribution >= 0.6 is 0 Å². The maximum absolute atomic E-state index is 15.0. The van der Waals surface area contributed by atoms with E-state index < -0.39 is 17.5 Å². The number of benzene rings is 2. The molecule has 4 aromatic rings. The number of nitrogens with one attached hydrogen (secondary N) is 2. The molecule has 1 fully saturated rings.